The van der Waals surface area contributed by atoms with Crippen molar-refractivity contribution in [3.05, 3.63) is 35.9 Å². The van der Waals surface area contributed by atoms with Crippen molar-refractivity contribution in [3.63, 3.8) is 0 Å². The van der Waals surface area contributed by atoms with Gasteiger partial charge in [-0.25, -0.2) is 9.79 Å². The molecule has 2 rings (SSSR count). The second-order valence-corrected chi connectivity index (χ2v) is 5.40. The molecule has 1 fully saturated rings. The van der Waals surface area contributed by atoms with E-state index >= 15 is 0 Å². The molecule has 1 aliphatic rings. The molecule has 1 aliphatic heterocycles. The highest BCUT2D eigenvalue weighted by molar-refractivity contribution is 7.85. The molecule has 0 amide bonds. The van der Waals surface area contributed by atoms with Crippen molar-refractivity contribution in [2.45, 2.75) is 18.2 Å². The van der Waals surface area contributed by atoms with Crippen molar-refractivity contribution in [3.8, 4) is 0 Å². The number of carbonyl (C=O) groups excluding carboxylic acids is 1. The predicted molar refractivity (Wildman–Crippen MR) is 69.0 cm³/mol. The van der Waals surface area contributed by atoms with Crippen LogP contribution in [0.25, 0.3) is 0 Å². The van der Waals surface area contributed by atoms with Crippen LogP contribution in [0.1, 0.15) is 12.0 Å². The molecule has 0 spiro atoms. The van der Waals surface area contributed by atoms with E-state index in [0.717, 1.165) is 13.0 Å². The summed E-state index contributed by atoms with van der Waals surface area (Å²) >= 11 is 0. The molecule has 0 aliphatic carbocycles. The van der Waals surface area contributed by atoms with Crippen LogP contribution >= 0.6 is 0 Å². The molecule has 0 radical (unpaired) electrons. The maximum absolute atomic E-state index is 10.4. The van der Waals surface area contributed by atoms with Gasteiger partial charge in [0.1, 0.15) is 5.75 Å². The summed E-state index contributed by atoms with van der Waals surface area (Å²) in [6.07, 6.45) is 2.37. The van der Waals surface area contributed by atoms with Crippen molar-refractivity contribution < 1.29 is 22.5 Å². The topological polar surface area (TPSA) is 93.0 Å². The van der Waals surface area contributed by atoms with E-state index in [-0.39, 0.29) is 11.8 Å². The van der Waals surface area contributed by atoms with Gasteiger partial charge < -0.3 is 4.74 Å². The first-order chi connectivity index (χ1) is 9.01. The van der Waals surface area contributed by atoms with Crippen molar-refractivity contribution >= 4 is 16.2 Å². The number of nitrogens with zero attached hydrogens (tertiary/aromatic N) is 1. The molecule has 1 aromatic carbocycles. The van der Waals surface area contributed by atoms with Gasteiger partial charge in [-0.3, -0.25) is 4.55 Å². The van der Waals surface area contributed by atoms with Crippen molar-refractivity contribution in [2.24, 2.45) is 4.99 Å². The third-order valence-corrected chi connectivity index (χ3v) is 3.03. The minimum absolute atomic E-state index is 0.0903. The van der Waals surface area contributed by atoms with Gasteiger partial charge in [0.15, 0.2) is 0 Å². The monoisotopic (exact) mass is 285 g/mol. The third-order valence-electron chi connectivity index (χ3n) is 2.33. The highest BCUT2D eigenvalue weighted by Gasteiger charge is 2.12. The second kappa shape index (κ2) is 7.81. The standard InChI is InChI=1S/C7H8O3S.C5H7NO2/c8-11(9,10)6-7-4-2-1-3-5-7;7-4-6-5-1-2-8-3-5/h1-5H,6H2,(H,8,9,10);5H,1-3H2/t;5-/m.0/s1. The Morgan fingerprint density at radius 3 is 2.53 bits per heavy atom. The summed E-state index contributed by atoms with van der Waals surface area (Å²) in [5, 5.41) is 0. The van der Waals surface area contributed by atoms with E-state index < -0.39 is 10.1 Å². The minimum Gasteiger partial charge on any atom is -0.379 e. The van der Waals surface area contributed by atoms with Gasteiger partial charge in [-0.05, 0) is 12.0 Å². The Balaban J connectivity index is 0.000000200. The summed E-state index contributed by atoms with van der Waals surface area (Å²) in [6, 6.07) is 8.61. The molecule has 0 saturated carbocycles. The lowest BCUT2D eigenvalue weighted by Crippen LogP contribution is -2.00. The van der Waals surface area contributed by atoms with E-state index in [0.29, 0.717) is 12.2 Å². The summed E-state index contributed by atoms with van der Waals surface area (Å²) in [5.74, 6) is -0.312. The molecule has 6 nitrogen and oxygen atoms in total. The lowest BCUT2D eigenvalue weighted by atomic mass is 10.2. The second-order valence-electron chi connectivity index (χ2n) is 3.95. The molecule has 1 saturated heterocycles. The third kappa shape index (κ3) is 7.48. The van der Waals surface area contributed by atoms with E-state index in [1.807, 2.05) is 0 Å². The number of rotatable bonds is 3. The van der Waals surface area contributed by atoms with Crippen LogP contribution in [0.2, 0.25) is 0 Å². The number of ether oxygens (including phenoxy) is 1. The first kappa shape index (κ1) is 15.5. The highest BCUT2D eigenvalue weighted by atomic mass is 32.2. The summed E-state index contributed by atoms with van der Waals surface area (Å²) in [4.78, 5) is 13.1. The fraction of sp³-hybridized carbons (Fsp3) is 0.417. The number of aliphatic imine (C=N–C) groups is 1. The number of hydrogen-bond donors (Lipinski definition) is 1. The average Bonchev–Trinajstić information content (AvgIpc) is 2.82. The lowest BCUT2D eigenvalue weighted by molar-refractivity contribution is 0.194. The zero-order valence-electron chi connectivity index (χ0n) is 10.2. The van der Waals surface area contributed by atoms with Crippen LogP contribution in [0.15, 0.2) is 35.3 Å². The van der Waals surface area contributed by atoms with Gasteiger partial charge in [-0.1, -0.05) is 30.3 Å². The van der Waals surface area contributed by atoms with Crippen LogP contribution in [0, 0.1) is 0 Å². The van der Waals surface area contributed by atoms with E-state index in [1.54, 1.807) is 30.3 Å². The largest absolute Gasteiger partial charge is 0.379 e. The molecule has 0 aromatic heterocycles. The van der Waals surface area contributed by atoms with Gasteiger partial charge in [0.05, 0.1) is 12.6 Å². The fourth-order valence-corrected chi connectivity index (χ4v) is 2.10. The molecule has 0 bridgehead atoms. The van der Waals surface area contributed by atoms with Gasteiger partial charge in [0.25, 0.3) is 10.1 Å². The summed E-state index contributed by atoms with van der Waals surface area (Å²) in [5.41, 5.74) is 0.593. The lowest BCUT2D eigenvalue weighted by Gasteiger charge is -1.95. The summed E-state index contributed by atoms with van der Waals surface area (Å²) < 4.78 is 34.1. The van der Waals surface area contributed by atoms with Gasteiger partial charge in [-0.15, -0.1) is 0 Å². The average molecular weight is 285 g/mol. The first-order valence-electron chi connectivity index (χ1n) is 5.65. The van der Waals surface area contributed by atoms with E-state index in [9.17, 15) is 13.2 Å². The molecule has 1 N–H and O–H groups in total. The number of benzene rings is 1. The van der Waals surface area contributed by atoms with Crippen LogP contribution in [0.5, 0.6) is 0 Å². The Bertz CT molecular complexity index is 516. The number of hydrogen-bond acceptors (Lipinski definition) is 5. The molecule has 1 heterocycles. The molecule has 7 heteroatoms. The smallest absolute Gasteiger partial charge is 0.269 e. The summed E-state index contributed by atoms with van der Waals surface area (Å²) in [6.45, 7) is 1.32. The highest BCUT2D eigenvalue weighted by Crippen LogP contribution is 2.05. The number of isocyanates is 1. The molecular weight excluding hydrogens is 270 g/mol. The van der Waals surface area contributed by atoms with Gasteiger partial charge in [0.2, 0.25) is 6.08 Å². The van der Waals surface area contributed by atoms with Crippen molar-refractivity contribution in [1.82, 2.24) is 0 Å². The SMILES string of the molecule is O=C=N[C@H]1CCOC1.O=S(=O)(O)Cc1ccccc1. The fourth-order valence-electron chi connectivity index (χ4n) is 1.48. The normalized spacial score (nSPS) is 18.1. The first-order valence-corrected chi connectivity index (χ1v) is 7.26. The van der Waals surface area contributed by atoms with Gasteiger partial charge >= 0.3 is 0 Å². The molecular formula is C12H15NO5S. The predicted octanol–water partition coefficient (Wildman–Crippen LogP) is 1.19. The van der Waals surface area contributed by atoms with Gasteiger partial charge in [0, 0.05) is 6.61 Å². The maximum atomic E-state index is 10.4. The maximum Gasteiger partial charge on any atom is 0.269 e. The zero-order valence-corrected chi connectivity index (χ0v) is 11.0. The molecule has 104 valence electrons. The Morgan fingerprint density at radius 2 is 2.05 bits per heavy atom. The van der Waals surface area contributed by atoms with Crippen LogP contribution in [0.3, 0.4) is 0 Å². The van der Waals surface area contributed by atoms with Gasteiger partial charge in [-0.2, -0.15) is 8.42 Å². The molecule has 0 unspecified atom stereocenters. The molecule has 19 heavy (non-hydrogen) atoms. The Kier molecular flexibility index (Phi) is 6.38. The van der Waals surface area contributed by atoms with Crippen LogP contribution in [-0.2, 0) is 25.4 Å². The van der Waals surface area contributed by atoms with Crippen molar-refractivity contribution in [2.75, 3.05) is 13.2 Å². The van der Waals surface area contributed by atoms with E-state index in [4.69, 9.17) is 9.29 Å². The molecule has 1 atom stereocenters. The summed E-state index contributed by atoms with van der Waals surface area (Å²) in [7, 11) is -3.88. The van der Waals surface area contributed by atoms with Crippen molar-refractivity contribution in [1.29, 1.82) is 0 Å². The van der Waals surface area contributed by atoms with Crippen LogP contribution in [-0.4, -0.2) is 38.3 Å². The van der Waals surface area contributed by atoms with E-state index in [2.05, 4.69) is 4.99 Å². The quantitative estimate of drug-likeness (QED) is 0.511. The van der Waals surface area contributed by atoms with Crippen LogP contribution < -0.4 is 0 Å². The Morgan fingerprint density at radius 1 is 1.37 bits per heavy atom. The zero-order chi connectivity index (χ0) is 14.1. The van der Waals surface area contributed by atoms with Crippen LogP contribution in [0.4, 0.5) is 0 Å². The molecule has 1 aromatic rings. The Labute approximate surface area is 111 Å². The van der Waals surface area contributed by atoms with E-state index in [1.165, 1.54) is 6.08 Å². The minimum atomic E-state index is -3.88. The Hall–Kier alpha value is -1.53.